The van der Waals surface area contributed by atoms with Gasteiger partial charge in [-0.15, -0.1) is 0 Å². The number of hydrogen-bond donors (Lipinski definition) is 1. The van der Waals surface area contributed by atoms with Crippen LogP contribution in [0, 0.1) is 0 Å². The van der Waals surface area contributed by atoms with Gasteiger partial charge in [-0.1, -0.05) is 510 Å². The summed E-state index contributed by atoms with van der Waals surface area (Å²) >= 11 is 0. The molecule has 0 aliphatic heterocycles. The van der Waals surface area contributed by atoms with E-state index in [1.54, 1.807) is 0 Å². The molecule has 0 saturated carbocycles. The molecule has 1 N–H and O–H groups in total. The SMILES string of the molecule is CCCCCCCCCCCCCCCCCC(=O)[O-].CCCCCCCCCCCCCCCCCC(=O)[O-].CCCCCCCCCCCCCCCCCC(=O)[O-].CCCCCCCCCCCCCCCCCC(=O)[O-].CCCCCCCCCCCCCCCCCCCCCC(=O)O.[Ca+2].[Zn+2]. The van der Waals surface area contributed by atoms with Crippen molar-refractivity contribution in [3.63, 3.8) is 0 Å². The Hall–Kier alpha value is -0.767. The maximum absolute atomic E-state index is 10.4. The summed E-state index contributed by atoms with van der Waals surface area (Å²) in [6.07, 6.45) is 106. The molecule has 12 heteroatoms. The average Bonchev–Trinajstić information content (AvgIpc) is 3.72. The molecule has 0 fully saturated rings. The van der Waals surface area contributed by atoms with Gasteiger partial charge in [0.15, 0.2) is 0 Å². The molecule has 0 rings (SSSR count). The zero-order valence-corrected chi connectivity index (χ0v) is 77.6. The average molecular weight is 1580 g/mol. The van der Waals surface area contributed by atoms with E-state index in [1.165, 1.54) is 443 Å². The van der Waals surface area contributed by atoms with Crippen molar-refractivity contribution in [1.29, 1.82) is 0 Å². The second kappa shape index (κ2) is 115. The molecule has 0 heterocycles. The smallest absolute Gasteiger partial charge is 0.550 e. The Kier molecular flexibility index (Phi) is 129. The molecule has 0 aliphatic carbocycles. The van der Waals surface area contributed by atoms with Crippen LogP contribution in [0.2, 0.25) is 0 Å². The fourth-order valence-corrected chi connectivity index (χ4v) is 13.9. The number of rotatable bonds is 84. The molecule has 624 valence electrons. The Morgan fingerprint density at radius 2 is 0.236 bits per heavy atom. The van der Waals surface area contributed by atoms with Crippen LogP contribution in [0.25, 0.3) is 0 Å². The first kappa shape index (κ1) is 118. The zero-order valence-electron chi connectivity index (χ0n) is 72.4. The van der Waals surface area contributed by atoms with Crippen LogP contribution in [-0.4, -0.2) is 72.7 Å². The predicted octanol–water partition coefficient (Wildman–Crippen LogP) is 27.5. The summed E-state index contributed by atoms with van der Waals surface area (Å²) in [5, 5.41) is 49.4. The van der Waals surface area contributed by atoms with E-state index in [1.807, 2.05) is 0 Å². The predicted molar refractivity (Wildman–Crippen MR) is 450 cm³/mol. The van der Waals surface area contributed by atoms with Gasteiger partial charge in [0, 0.05) is 30.3 Å². The molecule has 0 aromatic heterocycles. The van der Waals surface area contributed by atoms with Crippen LogP contribution in [0.3, 0.4) is 0 Å². The molecule has 0 atom stereocenters. The monoisotopic (exact) mass is 1580 g/mol. The largest absolute Gasteiger partial charge is 2.00 e. The number of carbonyl (C=O) groups excluding carboxylic acids is 4. The van der Waals surface area contributed by atoms with Gasteiger partial charge in [-0.2, -0.15) is 0 Å². The summed E-state index contributed by atoms with van der Waals surface area (Å²) in [6.45, 7) is 11.4. The normalized spacial score (nSPS) is 10.7. The zero-order chi connectivity index (χ0) is 77.3. The van der Waals surface area contributed by atoms with Crippen LogP contribution in [0.1, 0.15) is 574 Å². The van der Waals surface area contributed by atoms with Crippen LogP contribution >= 0.6 is 0 Å². The van der Waals surface area contributed by atoms with E-state index in [4.69, 9.17) is 5.11 Å². The van der Waals surface area contributed by atoms with E-state index in [2.05, 4.69) is 34.6 Å². The van der Waals surface area contributed by atoms with Crippen LogP contribution in [-0.2, 0) is 43.5 Å². The molecule has 0 aromatic rings. The number of carboxylic acid groups (broad SMARTS) is 5. The number of carboxylic acids is 5. The van der Waals surface area contributed by atoms with Gasteiger partial charge in [0.05, 0.1) is 0 Å². The summed E-state index contributed by atoms with van der Waals surface area (Å²) in [6, 6.07) is 0. The number of carbonyl (C=O) groups is 5. The van der Waals surface area contributed by atoms with Crippen molar-refractivity contribution in [2.75, 3.05) is 0 Å². The molecule has 0 bridgehead atoms. The van der Waals surface area contributed by atoms with E-state index in [0.29, 0.717) is 6.42 Å². The van der Waals surface area contributed by atoms with Crippen LogP contribution in [0.15, 0.2) is 0 Å². The second-order valence-electron chi connectivity index (χ2n) is 31.8. The quantitative estimate of drug-likeness (QED) is 0.0452. The summed E-state index contributed by atoms with van der Waals surface area (Å²) in [4.78, 5) is 51.3. The summed E-state index contributed by atoms with van der Waals surface area (Å²) in [7, 11) is 0. The third-order valence-electron chi connectivity index (χ3n) is 20.9. The van der Waals surface area contributed by atoms with Crippen molar-refractivity contribution in [2.24, 2.45) is 0 Å². The minimum absolute atomic E-state index is 0. The number of aliphatic carboxylic acids is 5. The van der Waals surface area contributed by atoms with Gasteiger partial charge in [-0.3, -0.25) is 4.79 Å². The van der Waals surface area contributed by atoms with Crippen molar-refractivity contribution in [1.82, 2.24) is 0 Å². The molecule has 0 aliphatic rings. The Morgan fingerprint density at radius 1 is 0.160 bits per heavy atom. The van der Waals surface area contributed by atoms with Gasteiger partial charge in [0.25, 0.3) is 0 Å². The summed E-state index contributed by atoms with van der Waals surface area (Å²) < 4.78 is 0. The first-order valence-electron chi connectivity index (χ1n) is 46.9. The van der Waals surface area contributed by atoms with Gasteiger partial charge in [0.1, 0.15) is 0 Å². The van der Waals surface area contributed by atoms with Crippen molar-refractivity contribution in [3.05, 3.63) is 0 Å². The van der Waals surface area contributed by atoms with E-state index >= 15 is 0 Å². The molecule has 10 nitrogen and oxygen atoms in total. The van der Waals surface area contributed by atoms with Gasteiger partial charge in [0.2, 0.25) is 0 Å². The molecule has 0 aromatic carbocycles. The van der Waals surface area contributed by atoms with E-state index < -0.39 is 29.8 Å². The minimum atomic E-state index is -0.903. The molecule has 0 radical (unpaired) electrons. The number of hydrogen-bond acceptors (Lipinski definition) is 9. The number of unbranched alkanes of at least 4 members (excludes halogenated alkanes) is 74. The van der Waals surface area contributed by atoms with Gasteiger partial charge in [-0.05, 0) is 57.8 Å². The molecule has 106 heavy (non-hydrogen) atoms. The maximum atomic E-state index is 10.4. The van der Waals surface area contributed by atoms with Gasteiger partial charge in [-0.25, -0.2) is 0 Å². The van der Waals surface area contributed by atoms with Crippen molar-refractivity contribution >= 4 is 67.6 Å². The second-order valence-corrected chi connectivity index (χ2v) is 31.8. The Bertz CT molecular complexity index is 1430. The van der Waals surface area contributed by atoms with Crippen molar-refractivity contribution < 1.29 is 69.0 Å². The van der Waals surface area contributed by atoms with E-state index in [0.717, 1.165) is 64.2 Å². The fourth-order valence-electron chi connectivity index (χ4n) is 13.9. The van der Waals surface area contributed by atoms with Gasteiger partial charge >= 0.3 is 63.2 Å². The van der Waals surface area contributed by atoms with Crippen molar-refractivity contribution in [3.8, 4) is 0 Å². The van der Waals surface area contributed by atoms with E-state index in [9.17, 15) is 44.4 Å². The fraction of sp³-hybridized carbons (Fsp3) is 0.947. The van der Waals surface area contributed by atoms with Gasteiger partial charge < -0.3 is 44.7 Å². The molecule has 0 unspecified atom stereocenters. The minimum Gasteiger partial charge on any atom is -0.550 e. The summed E-state index contributed by atoms with van der Waals surface area (Å²) in [5.41, 5.74) is 0. The molecule has 0 amide bonds. The standard InChI is InChI=1S/C22H44O2.4C18H36O2.Ca.Zn/c1-2-3-4-5-6-7-8-9-10-11-12-13-14-15-16-17-18-19-20-21-22(23)24;4*1-2-3-4-5-6-7-8-9-10-11-12-13-14-15-16-17-18(19)20;;/h2-21H2,1H3,(H,23,24);4*2-17H2,1H3,(H,19,20);;/q;;;;;2*+2/p-4. The Balaban J connectivity index is -0.000000231. The van der Waals surface area contributed by atoms with Crippen LogP contribution in [0.5, 0.6) is 0 Å². The van der Waals surface area contributed by atoms with Crippen LogP contribution < -0.4 is 20.4 Å². The third kappa shape index (κ3) is 139. The molecule has 0 spiro atoms. The van der Waals surface area contributed by atoms with Crippen LogP contribution in [0.4, 0.5) is 0 Å². The van der Waals surface area contributed by atoms with E-state index in [-0.39, 0.29) is 82.9 Å². The first-order valence-corrected chi connectivity index (χ1v) is 46.9. The topological polar surface area (TPSA) is 198 Å². The third-order valence-corrected chi connectivity index (χ3v) is 20.9. The molecule has 0 saturated heterocycles. The Labute approximate surface area is 704 Å². The molecular weight excluding hydrogens is 1390 g/mol. The maximum Gasteiger partial charge on any atom is 2.00 e. The molecular formula is C94H184CaO10Zn. The Morgan fingerprint density at radius 3 is 0.311 bits per heavy atom. The summed E-state index contributed by atoms with van der Waals surface area (Å²) in [5.74, 6) is -4.26. The van der Waals surface area contributed by atoms with Crippen molar-refractivity contribution in [2.45, 2.75) is 574 Å². The first-order chi connectivity index (χ1) is 50.9.